The normalized spacial score (nSPS) is 16.8. The molecule has 24 heavy (non-hydrogen) atoms. The summed E-state index contributed by atoms with van der Waals surface area (Å²) in [6.45, 7) is 3.60. The highest BCUT2D eigenvalue weighted by Crippen LogP contribution is 2.18. The third-order valence-corrected chi connectivity index (χ3v) is 3.79. The van der Waals surface area contributed by atoms with Gasteiger partial charge in [-0.2, -0.15) is 0 Å². The van der Waals surface area contributed by atoms with Crippen LogP contribution in [0.4, 0.5) is 10.5 Å². The van der Waals surface area contributed by atoms with Gasteiger partial charge in [-0.05, 0) is 56.2 Å². The second-order valence-electron chi connectivity index (χ2n) is 5.79. The molecule has 0 radical (unpaired) electrons. The van der Waals surface area contributed by atoms with E-state index in [0.29, 0.717) is 18.8 Å². The number of ether oxygens (including phenoxy) is 2. The molecule has 1 aliphatic rings. The van der Waals surface area contributed by atoms with Gasteiger partial charge in [-0.25, -0.2) is 4.79 Å². The van der Waals surface area contributed by atoms with E-state index in [4.69, 9.17) is 13.9 Å². The minimum atomic E-state index is -0.280. The Morgan fingerprint density at radius 1 is 1.25 bits per heavy atom. The van der Waals surface area contributed by atoms with Gasteiger partial charge in [0, 0.05) is 12.3 Å². The second kappa shape index (κ2) is 7.88. The first-order valence-electron chi connectivity index (χ1n) is 8.14. The summed E-state index contributed by atoms with van der Waals surface area (Å²) in [6.07, 6.45) is 2.34. The highest BCUT2D eigenvalue weighted by atomic mass is 16.5. The van der Waals surface area contributed by atoms with Crippen molar-refractivity contribution in [1.82, 2.24) is 5.32 Å². The molecule has 128 valence electrons. The Morgan fingerprint density at radius 2 is 2.08 bits per heavy atom. The van der Waals surface area contributed by atoms with E-state index in [1.807, 2.05) is 43.3 Å². The Bertz CT molecular complexity index is 660. The Balaban J connectivity index is 1.42. The molecule has 1 fully saturated rings. The molecule has 0 bridgehead atoms. The number of aryl methyl sites for hydroxylation is 1. The Morgan fingerprint density at radius 3 is 2.75 bits per heavy atom. The lowest BCUT2D eigenvalue weighted by atomic mass is 10.2. The number of rotatable bonds is 6. The van der Waals surface area contributed by atoms with Gasteiger partial charge in [0.15, 0.2) is 0 Å². The molecule has 0 spiro atoms. The number of nitrogens with one attached hydrogen (secondary N) is 2. The molecule has 0 aliphatic carbocycles. The Kier molecular flexibility index (Phi) is 5.38. The third kappa shape index (κ3) is 4.76. The van der Waals surface area contributed by atoms with Gasteiger partial charge in [-0.3, -0.25) is 0 Å². The maximum Gasteiger partial charge on any atom is 0.319 e. The minimum Gasteiger partial charge on any atom is -0.491 e. The topological polar surface area (TPSA) is 72.7 Å². The van der Waals surface area contributed by atoms with Gasteiger partial charge < -0.3 is 24.5 Å². The number of carbonyl (C=O) groups is 1. The number of hydrogen-bond donors (Lipinski definition) is 2. The predicted molar refractivity (Wildman–Crippen MR) is 90.2 cm³/mol. The molecule has 0 saturated carbocycles. The van der Waals surface area contributed by atoms with Crippen LogP contribution in [0, 0.1) is 6.92 Å². The number of urea groups is 1. The first-order valence-corrected chi connectivity index (χ1v) is 8.14. The number of hydrogen-bond acceptors (Lipinski definition) is 4. The third-order valence-electron chi connectivity index (χ3n) is 3.79. The van der Waals surface area contributed by atoms with Gasteiger partial charge in [0.1, 0.15) is 23.9 Å². The minimum absolute atomic E-state index is 0.193. The largest absolute Gasteiger partial charge is 0.491 e. The highest BCUT2D eigenvalue weighted by molar-refractivity contribution is 5.89. The van der Waals surface area contributed by atoms with Gasteiger partial charge in [-0.1, -0.05) is 0 Å². The fraction of sp³-hybridized carbons (Fsp3) is 0.389. The fourth-order valence-electron chi connectivity index (χ4n) is 2.52. The number of furan rings is 1. The first kappa shape index (κ1) is 16.4. The van der Waals surface area contributed by atoms with Crippen molar-refractivity contribution in [3.8, 4) is 5.75 Å². The quantitative estimate of drug-likeness (QED) is 0.850. The van der Waals surface area contributed by atoms with Crippen LogP contribution in [0.3, 0.4) is 0 Å². The van der Waals surface area contributed by atoms with E-state index in [1.54, 1.807) is 0 Å². The summed E-state index contributed by atoms with van der Waals surface area (Å²) in [7, 11) is 0. The van der Waals surface area contributed by atoms with Crippen molar-refractivity contribution in [2.24, 2.45) is 0 Å². The lowest BCUT2D eigenvalue weighted by Crippen LogP contribution is -2.27. The van der Waals surface area contributed by atoms with E-state index in [2.05, 4.69) is 10.6 Å². The number of benzene rings is 1. The van der Waals surface area contributed by atoms with Crippen LogP contribution < -0.4 is 15.4 Å². The van der Waals surface area contributed by atoms with Gasteiger partial charge >= 0.3 is 6.03 Å². The van der Waals surface area contributed by atoms with Gasteiger partial charge in [0.2, 0.25) is 0 Å². The van der Waals surface area contributed by atoms with Crippen molar-refractivity contribution in [3.05, 3.63) is 47.9 Å². The first-order chi connectivity index (χ1) is 11.7. The Hall–Kier alpha value is -2.47. The van der Waals surface area contributed by atoms with Crippen LogP contribution in [0.2, 0.25) is 0 Å². The molecule has 0 unspecified atom stereocenters. The summed E-state index contributed by atoms with van der Waals surface area (Å²) in [6, 6.07) is 10.7. The zero-order valence-corrected chi connectivity index (χ0v) is 13.7. The number of amides is 2. The van der Waals surface area contributed by atoms with E-state index in [1.165, 1.54) is 0 Å². The number of anilines is 1. The molecular formula is C18H22N2O4. The molecule has 3 rings (SSSR count). The maximum atomic E-state index is 11.9. The zero-order chi connectivity index (χ0) is 16.8. The predicted octanol–water partition coefficient (Wildman–Crippen LogP) is 3.47. The molecule has 2 aromatic rings. The molecule has 2 N–H and O–H groups in total. The summed E-state index contributed by atoms with van der Waals surface area (Å²) in [4.78, 5) is 11.9. The van der Waals surface area contributed by atoms with E-state index < -0.39 is 0 Å². The standard InChI is InChI=1S/C18H22N2O4/c1-13-4-7-16(24-13)11-19-18(21)20-14-5-8-15(9-6-14)23-12-17-3-2-10-22-17/h4-9,17H,2-3,10-12H2,1H3,(H2,19,20,21)/t17-/m0/s1. The van der Waals surface area contributed by atoms with E-state index in [9.17, 15) is 4.79 Å². The van der Waals surface area contributed by atoms with Gasteiger partial charge in [0.05, 0.1) is 12.6 Å². The molecular weight excluding hydrogens is 308 g/mol. The monoisotopic (exact) mass is 330 g/mol. The van der Waals surface area contributed by atoms with Crippen molar-refractivity contribution < 1.29 is 18.7 Å². The molecule has 1 atom stereocenters. The van der Waals surface area contributed by atoms with Crippen LogP contribution >= 0.6 is 0 Å². The van der Waals surface area contributed by atoms with Crippen LogP contribution in [-0.4, -0.2) is 25.3 Å². The molecule has 1 aromatic heterocycles. The molecule has 1 aromatic carbocycles. The van der Waals surface area contributed by atoms with Crippen LogP contribution in [0.15, 0.2) is 40.8 Å². The lowest BCUT2D eigenvalue weighted by Gasteiger charge is -2.12. The lowest BCUT2D eigenvalue weighted by molar-refractivity contribution is 0.0679. The van der Waals surface area contributed by atoms with E-state index >= 15 is 0 Å². The summed E-state index contributed by atoms with van der Waals surface area (Å²) >= 11 is 0. The van der Waals surface area contributed by atoms with Crippen LogP contribution in [-0.2, 0) is 11.3 Å². The average Bonchev–Trinajstić information content (AvgIpc) is 3.24. The van der Waals surface area contributed by atoms with Crippen LogP contribution in [0.5, 0.6) is 5.75 Å². The van der Waals surface area contributed by atoms with Crippen molar-refractivity contribution >= 4 is 11.7 Å². The van der Waals surface area contributed by atoms with E-state index in [0.717, 1.165) is 36.7 Å². The maximum absolute atomic E-state index is 11.9. The fourth-order valence-corrected chi connectivity index (χ4v) is 2.52. The van der Waals surface area contributed by atoms with Crippen molar-refractivity contribution in [2.45, 2.75) is 32.4 Å². The molecule has 1 saturated heterocycles. The zero-order valence-electron chi connectivity index (χ0n) is 13.7. The van der Waals surface area contributed by atoms with Gasteiger partial charge in [0.25, 0.3) is 0 Å². The summed E-state index contributed by atoms with van der Waals surface area (Å²) < 4.78 is 16.6. The van der Waals surface area contributed by atoms with Crippen LogP contribution in [0.1, 0.15) is 24.4 Å². The van der Waals surface area contributed by atoms with Gasteiger partial charge in [-0.15, -0.1) is 0 Å². The van der Waals surface area contributed by atoms with Crippen LogP contribution in [0.25, 0.3) is 0 Å². The van der Waals surface area contributed by atoms with Crippen molar-refractivity contribution in [1.29, 1.82) is 0 Å². The Labute approximate surface area is 141 Å². The summed E-state index contributed by atoms with van der Waals surface area (Å²) in [5, 5.41) is 5.52. The second-order valence-corrected chi connectivity index (χ2v) is 5.79. The number of carbonyl (C=O) groups excluding carboxylic acids is 1. The highest BCUT2D eigenvalue weighted by Gasteiger charge is 2.15. The molecule has 1 aliphatic heterocycles. The van der Waals surface area contributed by atoms with Crippen molar-refractivity contribution in [3.63, 3.8) is 0 Å². The molecule has 2 heterocycles. The average molecular weight is 330 g/mol. The molecule has 6 heteroatoms. The smallest absolute Gasteiger partial charge is 0.319 e. The van der Waals surface area contributed by atoms with Crippen molar-refractivity contribution in [2.75, 3.05) is 18.5 Å². The molecule has 6 nitrogen and oxygen atoms in total. The summed E-state index contributed by atoms with van der Waals surface area (Å²) in [5.74, 6) is 2.31. The molecule has 2 amide bonds. The summed E-state index contributed by atoms with van der Waals surface area (Å²) in [5.41, 5.74) is 0.701. The SMILES string of the molecule is Cc1ccc(CNC(=O)Nc2ccc(OC[C@@H]3CCCO3)cc2)o1. The van der Waals surface area contributed by atoms with E-state index in [-0.39, 0.29) is 12.1 Å².